The maximum absolute atomic E-state index is 11.2. The third kappa shape index (κ3) is 3.18. The standard InChI is InChI=1S/C14H14O3S/c1-16-13(15)10-17-14(12-8-5-9-18-12)11-6-3-2-4-7-11/h2-9,14H,10H2,1H3. The lowest BCUT2D eigenvalue weighted by atomic mass is 10.1. The molecule has 0 aliphatic rings. The van der Waals surface area contributed by atoms with Crippen LogP contribution in [-0.4, -0.2) is 19.7 Å². The smallest absolute Gasteiger partial charge is 0.331 e. The molecule has 3 nitrogen and oxygen atoms in total. The maximum Gasteiger partial charge on any atom is 0.331 e. The Morgan fingerprint density at radius 1 is 1.22 bits per heavy atom. The molecule has 2 aromatic rings. The van der Waals surface area contributed by atoms with Crippen molar-refractivity contribution in [3.8, 4) is 0 Å². The third-order valence-corrected chi connectivity index (χ3v) is 3.41. The summed E-state index contributed by atoms with van der Waals surface area (Å²) in [4.78, 5) is 12.2. The normalized spacial score (nSPS) is 12.1. The van der Waals surface area contributed by atoms with Crippen LogP contribution in [0.3, 0.4) is 0 Å². The van der Waals surface area contributed by atoms with Crippen molar-refractivity contribution in [2.75, 3.05) is 13.7 Å². The van der Waals surface area contributed by atoms with Gasteiger partial charge in [0, 0.05) is 4.88 Å². The van der Waals surface area contributed by atoms with E-state index in [0.717, 1.165) is 10.4 Å². The van der Waals surface area contributed by atoms with E-state index in [1.54, 1.807) is 11.3 Å². The molecule has 0 saturated carbocycles. The zero-order chi connectivity index (χ0) is 12.8. The minimum absolute atomic E-state index is 0.0477. The number of thiophene rings is 1. The van der Waals surface area contributed by atoms with Crippen molar-refractivity contribution in [2.45, 2.75) is 6.10 Å². The molecule has 1 atom stereocenters. The van der Waals surface area contributed by atoms with Gasteiger partial charge in [-0.3, -0.25) is 0 Å². The van der Waals surface area contributed by atoms with E-state index in [1.165, 1.54) is 7.11 Å². The summed E-state index contributed by atoms with van der Waals surface area (Å²) < 4.78 is 10.3. The SMILES string of the molecule is COC(=O)COC(c1ccccc1)c1cccs1. The summed E-state index contributed by atoms with van der Waals surface area (Å²) in [7, 11) is 1.36. The van der Waals surface area contributed by atoms with E-state index in [9.17, 15) is 4.79 Å². The second kappa shape index (κ2) is 6.33. The molecule has 1 unspecified atom stereocenters. The quantitative estimate of drug-likeness (QED) is 0.777. The highest BCUT2D eigenvalue weighted by Gasteiger charge is 2.17. The first-order valence-electron chi connectivity index (χ1n) is 5.58. The largest absolute Gasteiger partial charge is 0.467 e. The van der Waals surface area contributed by atoms with Crippen LogP contribution in [-0.2, 0) is 14.3 Å². The lowest BCUT2D eigenvalue weighted by Crippen LogP contribution is -2.14. The predicted molar refractivity (Wildman–Crippen MR) is 70.6 cm³/mol. The highest BCUT2D eigenvalue weighted by molar-refractivity contribution is 7.10. The average Bonchev–Trinajstić information content (AvgIpc) is 2.94. The molecule has 0 amide bonds. The summed E-state index contributed by atoms with van der Waals surface area (Å²) in [5, 5.41) is 1.99. The van der Waals surface area contributed by atoms with Crippen molar-refractivity contribution in [3.63, 3.8) is 0 Å². The molecule has 0 N–H and O–H groups in total. The fourth-order valence-electron chi connectivity index (χ4n) is 1.62. The Balaban J connectivity index is 2.16. The molecule has 1 aromatic carbocycles. The molecule has 4 heteroatoms. The number of benzene rings is 1. The summed E-state index contributed by atoms with van der Waals surface area (Å²) in [6, 6.07) is 13.8. The molecule has 18 heavy (non-hydrogen) atoms. The second-order valence-corrected chi connectivity index (χ2v) is 4.67. The molecule has 2 rings (SSSR count). The molecule has 0 aliphatic heterocycles. The van der Waals surface area contributed by atoms with Crippen molar-refractivity contribution < 1.29 is 14.3 Å². The minimum atomic E-state index is -0.368. The lowest BCUT2D eigenvalue weighted by molar-refractivity contribution is -0.147. The average molecular weight is 262 g/mol. The van der Waals surface area contributed by atoms with Crippen LogP contribution in [0.2, 0.25) is 0 Å². The monoisotopic (exact) mass is 262 g/mol. The van der Waals surface area contributed by atoms with Gasteiger partial charge in [-0.25, -0.2) is 4.79 Å². The molecule has 0 bridgehead atoms. The first-order chi connectivity index (χ1) is 8.81. The molecule has 0 aliphatic carbocycles. The van der Waals surface area contributed by atoms with E-state index in [2.05, 4.69) is 4.74 Å². The van der Waals surface area contributed by atoms with Gasteiger partial charge in [-0.2, -0.15) is 0 Å². The first-order valence-corrected chi connectivity index (χ1v) is 6.46. The second-order valence-electron chi connectivity index (χ2n) is 3.69. The number of methoxy groups -OCH3 is 1. The van der Waals surface area contributed by atoms with Crippen molar-refractivity contribution in [3.05, 3.63) is 58.3 Å². The highest BCUT2D eigenvalue weighted by atomic mass is 32.1. The summed E-state index contributed by atoms with van der Waals surface area (Å²) in [5.41, 5.74) is 1.03. The predicted octanol–water partition coefficient (Wildman–Crippen LogP) is 3.03. The van der Waals surface area contributed by atoms with Crippen LogP contribution >= 0.6 is 11.3 Å². The Kier molecular flexibility index (Phi) is 4.50. The molecule has 0 saturated heterocycles. The molecule has 1 aromatic heterocycles. The van der Waals surface area contributed by atoms with Gasteiger partial charge in [0.1, 0.15) is 12.7 Å². The van der Waals surface area contributed by atoms with Crippen LogP contribution in [0.1, 0.15) is 16.5 Å². The van der Waals surface area contributed by atoms with Gasteiger partial charge in [0.2, 0.25) is 0 Å². The third-order valence-electron chi connectivity index (χ3n) is 2.50. The van der Waals surface area contributed by atoms with Gasteiger partial charge in [-0.15, -0.1) is 11.3 Å². The van der Waals surface area contributed by atoms with E-state index in [-0.39, 0.29) is 18.7 Å². The summed E-state index contributed by atoms with van der Waals surface area (Å²) in [6.45, 7) is -0.0477. The van der Waals surface area contributed by atoms with Crippen molar-refractivity contribution >= 4 is 17.3 Å². The van der Waals surface area contributed by atoms with Gasteiger partial charge in [0.15, 0.2) is 0 Å². The van der Waals surface area contributed by atoms with Gasteiger partial charge < -0.3 is 9.47 Å². The van der Waals surface area contributed by atoms with Gasteiger partial charge in [0.05, 0.1) is 7.11 Å². The molecule has 0 fully saturated rings. The van der Waals surface area contributed by atoms with Crippen LogP contribution in [0.4, 0.5) is 0 Å². The fourth-order valence-corrected chi connectivity index (χ4v) is 2.42. The summed E-state index contributed by atoms with van der Waals surface area (Å²) in [5.74, 6) is -0.368. The van der Waals surface area contributed by atoms with Crippen LogP contribution in [0, 0.1) is 0 Å². The zero-order valence-corrected chi connectivity index (χ0v) is 10.9. The zero-order valence-electron chi connectivity index (χ0n) is 10.0. The topological polar surface area (TPSA) is 35.5 Å². The number of carbonyl (C=O) groups excluding carboxylic acids is 1. The maximum atomic E-state index is 11.2. The fraction of sp³-hybridized carbons (Fsp3) is 0.214. The van der Waals surface area contributed by atoms with Gasteiger partial charge >= 0.3 is 5.97 Å². The number of hydrogen-bond acceptors (Lipinski definition) is 4. The first kappa shape index (κ1) is 12.8. The molecule has 0 spiro atoms. The Hall–Kier alpha value is -1.65. The molecule has 94 valence electrons. The van der Waals surface area contributed by atoms with E-state index in [1.807, 2.05) is 47.8 Å². The molecule has 1 heterocycles. The van der Waals surface area contributed by atoms with E-state index >= 15 is 0 Å². The molecule has 0 radical (unpaired) electrons. The number of rotatable bonds is 5. The van der Waals surface area contributed by atoms with E-state index < -0.39 is 0 Å². The molecular weight excluding hydrogens is 248 g/mol. The van der Waals surface area contributed by atoms with Crippen molar-refractivity contribution in [2.24, 2.45) is 0 Å². The Morgan fingerprint density at radius 3 is 2.61 bits per heavy atom. The van der Waals surface area contributed by atoms with Gasteiger partial charge in [-0.05, 0) is 17.0 Å². The number of esters is 1. The van der Waals surface area contributed by atoms with Gasteiger partial charge in [-0.1, -0.05) is 36.4 Å². The van der Waals surface area contributed by atoms with Crippen molar-refractivity contribution in [1.29, 1.82) is 0 Å². The molecular formula is C14H14O3S. The summed E-state index contributed by atoms with van der Waals surface area (Å²) >= 11 is 1.61. The van der Waals surface area contributed by atoms with E-state index in [0.29, 0.717) is 0 Å². The Bertz CT molecular complexity index is 479. The number of ether oxygens (including phenoxy) is 2. The van der Waals surface area contributed by atoms with Crippen LogP contribution in [0.25, 0.3) is 0 Å². The summed E-state index contributed by atoms with van der Waals surface area (Å²) in [6.07, 6.45) is -0.217. The van der Waals surface area contributed by atoms with Crippen LogP contribution in [0.5, 0.6) is 0 Å². The Morgan fingerprint density at radius 2 is 2.00 bits per heavy atom. The highest BCUT2D eigenvalue weighted by Crippen LogP contribution is 2.29. The van der Waals surface area contributed by atoms with Crippen molar-refractivity contribution in [1.82, 2.24) is 0 Å². The minimum Gasteiger partial charge on any atom is -0.467 e. The van der Waals surface area contributed by atoms with Crippen LogP contribution < -0.4 is 0 Å². The Labute approximate surface area is 110 Å². The van der Waals surface area contributed by atoms with E-state index in [4.69, 9.17) is 4.74 Å². The number of carbonyl (C=O) groups is 1. The van der Waals surface area contributed by atoms with Gasteiger partial charge in [0.25, 0.3) is 0 Å². The lowest BCUT2D eigenvalue weighted by Gasteiger charge is -2.16. The van der Waals surface area contributed by atoms with Crippen LogP contribution in [0.15, 0.2) is 47.8 Å². The number of hydrogen-bond donors (Lipinski definition) is 0.